The number of hydrazone groups is 1. The summed E-state index contributed by atoms with van der Waals surface area (Å²) in [6.07, 6.45) is 4.66. The molecule has 1 aromatic heterocycles. The van der Waals surface area contributed by atoms with Gasteiger partial charge in [0.25, 0.3) is 5.91 Å². The van der Waals surface area contributed by atoms with E-state index in [4.69, 9.17) is 10.1 Å². The number of nitrogens with one attached hydrogen (secondary N) is 1. The Morgan fingerprint density at radius 2 is 2.06 bits per heavy atom. The molecule has 4 rings (SSSR count). The van der Waals surface area contributed by atoms with E-state index in [-0.39, 0.29) is 11.4 Å². The number of nitrogens with zero attached hydrogens (tertiary/aromatic N) is 4. The highest BCUT2D eigenvalue weighted by Crippen LogP contribution is 2.31. The summed E-state index contributed by atoms with van der Waals surface area (Å²) in [5.41, 5.74) is 4.08. The van der Waals surface area contributed by atoms with Crippen molar-refractivity contribution in [3.63, 3.8) is 0 Å². The molecular weight excluding hydrogens is 410 g/mol. The summed E-state index contributed by atoms with van der Waals surface area (Å²) in [4.78, 5) is 16.9. The Balaban J connectivity index is 1.69. The zero-order valence-electron chi connectivity index (χ0n) is 18.1. The monoisotopic (exact) mass is 435 g/mol. The minimum atomic E-state index is -0.401. The fraction of sp³-hybridized carbons (Fsp3) is 0.304. The van der Waals surface area contributed by atoms with Gasteiger partial charge in [-0.2, -0.15) is 15.1 Å². The number of aromatic nitrogens is 1. The molecule has 0 spiro atoms. The van der Waals surface area contributed by atoms with Crippen LogP contribution in [0.1, 0.15) is 43.1 Å². The molecule has 0 aliphatic carbocycles. The first-order valence-corrected chi connectivity index (χ1v) is 11.1. The number of ether oxygens (including phenoxy) is 1. The van der Waals surface area contributed by atoms with Gasteiger partial charge in [-0.3, -0.25) is 10.2 Å². The number of hydrogen-bond acceptors (Lipinski definition) is 5. The fourth-order valence-electron chi connectivity index (χ4n) is 3.70. The van der Waals surface area contributed by atoms with Crippen molar-refractivity contribution in [3.8, 4) is 11.4 Å². The number of aryl methyl sites for hydroxylation is 1. The van der Waals surface area contributed by atoms with E-state index in [1.165, 1.54) is 16.8 Å². The van der Waals surface area contributed by atoms with Crippen molar-refractivity contribution in [2.75, 3.05) is 7.11 Å². The number of carbonyl (C=O) groups excluding carboxylic acids is 1. The van der Waals surface area contributed by atoms with E-state index in [0.717, 1.165) is 52.7 Å². The number of unbranched alkanes of at least 4 members (excludes halogenated alkanes) is 1. The second-order valence-electron chi connectivity index (χ2n) is 7.48. The second-order valence-corrected chi connectivity index (χ2v) is 8.52. The van der Waals surface area contributed by atoms with Crippen LogP contribution >= 0.6 is 11.8 Å². The first-order valence-electron chi connectivity index (χ1n) is 10.3. The maximum atomic E-state index is 12.7. The maximum absolute atomic E-state index is 12.7. The number of amidine groups is 2. The van der Waals surface area contributed by atoms with Gasteiger partial charge in [0.05, 0.1) is 12.7 Å². The predicted molar refractivity (Wildman–Crippen MR) is 126 cm³/mol. The van der Waals surface area contributed by atoms with E-state index in [1.807, 2.05) is 44.2 Å². The first-order chi connectivity index (χ1) is 14.9. The van der Waals surface area contributed by atoms with Crippen molar-refractivity contribution in [3.05, 3.63) is 52.9 Å². The standard InChI is InChI=1S/C23H25N5O2S/c1-5-6-10-20-26-28-21(24)19(22(29)25-23(28)31-20)12-16-11-14(2)27(15(16)3)17-8-7-9-18(13-17)30-4/h7-9,11-13,24H,5-6,10H2,1-4H3/b19-12-,24-21?. The molecule has 8 heteroatoms. The Morgan fingerprint density at radius 3 is 2.81 bits per heavy atom. The zero-order valence-corrected chi connectivity index (χ0v) is 18.9. The molecule has 0 unspecified atom stereocenters. The lowest BCUT2D eigenvalue weighted by Gasteiger charge is -2.20. The maximum Gasteiger partial charge on any atom is 0.283 e. The van der Waals surface area contributed by atoms with Crippen molar-refractivity contribution < 1.29 is 9.53 Å². The quantitative estimate of drug-likeness (QED) is 0.654. The first kappa shape index (κ1) is 21.1. The fourth-order valence-corrected chi connectivity index (χ4v) is 4.62. The van der Waals surface area contributed by atoms with E-state index < -0.39 is 5.91 Å². The second kappa shape index (κ2) is 8.55. The van der Waals surface area contributed by atoms with Crippen LogP contribution in [0.15, 0.2) is 46.0 Å². The van der Waals surface area contributed by atoms with Gasteiger partial charge in [0.15, 0.2) is 5.84 Å². The number of methoxy groups -OCH3 is 1. The average molecular weight is 436 g/mol. The van der Waals surface area contributed by atoms with Crippen LogP contribution in [0.4, 0.5) is 0 Å². The molecule has 3 heterocycles. The highest BCUT2D eigenvalue weighted by molar-refractivity contribution is 8.26. The normalized spacial score (nSPS) is 17.2. The van der Waals surface area contributed by atoms with Crippen LogP contribution < -0.4 is 4.74 Å². The summed E-state index contributed by atoms with van der Waals surface area (Å²) in [6.45, 7) is 6.14. The highest BCUT2D eigenvalue weighted by Gasteiger charge is 2.35. The third kappa shape index (κ3) is 3.95. The van der Waals surface area contributed by atoms with Gasteiger partial charge in [-0.1, -0.05) is 19.4 Å². The highest BCUT2D eigenvalue weighted by atomic mass is 32.2. The van der Waals surface area contributed by atoms with Gasteiger partial charge in [0.1, 0.15) is 10.8 Å². The smallest absolute Gasteiger partial charge is 0.283 e. The SMILES string of the molecule is CCCCC1=NN2C(=N)/C(=C/c3cc(C)n(-c4cccc(OC)c4)c3C)C(=O)N=C2S1. The number of thioether (sulfide) groups is 1. The molecule has 0 saturated heterocycles. The predicted octanol–water partition coefficient (Wildman–Crippen LogP) is 4.91. The van der Waals surface area contributed by atoms with Crippen molar-refractivity contribution in [2.45, 2.75) is 40.0 Å². The molecule has 7 nitrogen and oxygen atoms in total. The average Bonchev–Trinajstić information content (AvgIpc) is 3.29. The molecule has 2 aliphatic rings. The third-order valence-electron chi connectivity index (χ3n) is 5.32. The van der Waals surface area contributed by atoms with E-state index in [2.05, 4.69) is 21.6 Å². The number of hydrogen-bond donors (Lipinski definition) is 1. The van der Waals surface area contributed by atoms with Crippen molar-refractivity contribution in [2.24, 2.45) is 10.1 Å². The topological polar surface area (TPSA) is 83.0 Å². The number of rotatable bonds is 6. The summed E-state index contributed by atoms with van der Waals surface area (Å²) in [6, 6.07) is 9.84. The van der Waals surface area contributed by atoms with Crippen molar-refractivity contribution in [1.29, 1.82) is 5.41 Å². The number of aliphatic imine (C=N–C) groups is 1. The van der Waals surface area contributed by atoms with E-state index in [9.17, 15) is 4.79 Å². The minimum Gasteiger partial charge on any atom is -0.497 e. The molecule has 0 fully saturated rings. The van der Waals surface area contributed by atoms with Gasteiger partial charge in [0, 0.05) is 23.1 Å². The zero-order chi connectivity index (χ0) is 22.1. The Morgan fingerprint density at radius 1 is 1.26 bits per heavy atom. The van der Waals surface area contributed by atoms with Gasteiger partial charge >= 0.3 is 0 Å². The van der Waals surface area contributed by atoms with E-state index >= 15 is 0 Å². The molecule has 0 bridgehead atoms. The molecule has 1 aromatic carbocycles. The van der Waals surface area contributed by atoms with E-state index in [0.29, 0.717) is 5.17 Å². The number of amides is 1. The third-order valence-corrected chi connectivity index (χ3v) is 6.29. The van der Waals surface area contributed by atoms with Gasteiger partial charge in [0.2, 0.25) is 5.17 Å². The summed E-state index contributed by atoms with van der Waals surface area (Å²) in [5, 5.41) is 15.9. The summed E-state index contributed by atoms with van der Waals surface area (Å²) in [7, 11) is 1.65. The van der Waals surface area contributed by atoms with Crippen LogP contribution in [-0.4, -0.2) is 38.6 Å². The lowest BCUT2D eigenvalue weighted by molar-refractivity contribution is -0.114. The molecule has 2 aromatic rings. The van der Waals surface area contributed by atoms with Crippen molar-refractivity contribution >= 4 is 39.8 Å². The summed E-state index contributed by atoms with van der Waals surface area (Å²) < 4.78 is 7.46. The largest absolute Gasteiger partial charge is 0.497 e. The van der Waals surface area contributed by atoms with Crippen LogP contribution in [0, 0.1) is 19.3 Å². The molecule has 0 radical (unpaired) electrons. The molecule has 31 heavy (non-hydrogen) atoms. The van der Waals surface area contributed by atoms with Gasteiger partial charge in [-0.05, 0) is 68.3 Å². The number of fused-ring (bicyclic) bond motifs is 1. The summed E-state index contributed by atoms with van der Waals surface area (Å²) >= 11 is 1.38. The van der Waals surface area contributed by atoms with Gasteiger partial charge < -0.3 is 9.30 Å². The van der Waals surface area contributed by atoms with Gasteiger partial charge in [-0.15, -0.1) is 0 Å². The molecule has 0 atom stereocenters. The number of benzene rings is 1. The molecule has 2 aliphatic heterocycles. The molecule has 160 valence electrons. The summed E-state index contributed by atoms with van der Waals surface area (Å²) in [5.74, 6) is 0.446. The lowest BCUT2D eigenvalue weighted by Crippen LogP contribution is -2.35. The van der Waals surface area contributed by atoms with Crippen LogP contribution in [0.5, 0.6) is 5.75 Å². The van der Waals surface area contributed by atoms with Crippen LogP contribution in [0.2, 0.25) is 0 Å². The Bertz CT molecular complexity index is 1160. The number of carbonyl (C=O) groups is 1. The van der Waals surface area contributed by atoms with Gasteiger partial charge in [-0.25, -0.2) is 0 Å². The van der Waals surface area contributed by atoms with Crippen LogP contribution in [-0.2, 0) is 4.79 Å². The Labute approximate surface area is 186 Å². The van der Waals surface area contributed by atoms with Crippen LogP contribution in [0.25, 0.3) is 11.8 Å². The minimum absolute atomic E-state index is 0.0696. The Kier molecular flexibility index (Phi) is 5.82. The lowest BCUT2D eigenvalue weighted by atomic mass is 10.1. The van der Waals surface area contributed by atoms with E-state index in [1.54, 1.807) is 13.2 Å². The van der Waals surface area contributed by atoms with Crippen molar-refractivity contribution in [1.82, 2.24) is 9.58 Å². The molecule has 1 N–H and O–H groups in total. The van der Waals surface area contributed by atoms with Crippen LogP contribution in [0.3, 0.4) is 0 Å². The molecule has 1 amide bonds. The molecule has 0 saturated carbocycles. The molecular formula is C23H25N5O2S. The Hall–Kier alpha value is -3.13.